The Morgan fingerprint density at radius 1 is 1.44 bits per heavy atom. The van der Waals surface area contributed by atoms with Crippen LogP contribution in [0.3, 0.4) is 0 Å². The minimum Gasteiger partial charge on any atom is -0.370 e. The van der Waals surface area contributed by atoms with Crippen LogP contribution < -0.4 is 16.4 Å². The summed E-state index contributed by atoms with van der Waals surface area (Å²) in [6, 6.07) is 3.65. The van der Waals surface area contributed by atoms with E-state index in [2.05, 4.69) is 10.6 Å². The lowest BCUT2D eigenvalue weighted by Gasteiger charge is -2.35. The van der Waals surface area contributed by atoms with Crippen LogP contribution in [0.5, 0.6) is 0 Å². The Bertz CT molecular complexity index is 651. The molecule has 1 atom stereocenters. The molecule has 1 aliphatic rings. The van der Waals surface area contributed by atoms with Crippen LogP contribution >= 0.6 is 11.6 Å². The Hall–Kier alpha value is -2.19. The fourth-order valence-electron chi connectivity index (χ4n) is 2.63. The molecule has 1 aromatic rings. The van der Waals surface area contributed by atoms with E-state index in [9.17, 15) is 18.8 Å². The summed E-state index contributed by atoms with van der Waals surface area (Å²) >= 11 is 6.05. The van der Waals surface area contributed by atoms with Crippen LogP contribution in [0.1, 0.15) is 18.4 Å². The molecule has 0 radical (unpaired) electrons. The number of hydrogen-bond donors (Lipinski definition) is 3. The van der Waals surface area contributed by atoms with Gasteiger partial charge in [-0.2, -0.15) is 0 Å². The normalized spacial score (nSPS) is 17.8. The highest BCUT2D eigenvalue weighted by atomic mass is 35.5. The van der Waals surface area contributed by atoms with E-state index in [0.717, 1.165) is 0 Å². The Kier molecular flexibility index (Phi) is 6.72. The summed E-state index contributed by atoms with van der Waals surface area (Å²) in [4.78, 5) is 36.6. The number of nitrogens with one attached hydrogen (secondary N) is 2. The van der Waals surface area contributed by atoms with Gasteiger partial charge in [0.2, 0.25) is 17.7 Å². The molecular weight excluding hydrogens is 351 g/mol. The van der Waals surface area contributed by atoms with Gasteiger partial charge >= 0.3 is 0 Å². The molecule has 9 heteroatoms. The number of amides is 3. The van der Waals surface area contributed by atoms with Crippen LogP contribution in [-0.2, 0) is 20.9 Å². The van der Waals surface area contributed by atoms with Crippen molar-refractivity contribution in [1.29, 1.82) is 0 Å². The maximum absolute atomic E-state index is 14.0. The fourth-order valence-corrected chi connectivity index (χ4v) is 2.86. The number of carbonyl (C=O) groups is 3. The molecule has 1 saturated heterocycles. The average molecular weight is 371 g/mol. The molecule has 0 aliphatic carbocycles. The summed E-state index contributed by atoms with van der Waals surface area (Å²) in [6.07, 6.45) is -0.0756. The number of primary amides is 1. The number of carbonyl (C=O) groups excluding carboxylic acids is 3. The van der Waals surface area contributed by atoms with Gasteiger partial charge in [-0.3, -0.25) is 19.3 Å². The molecule has 0 aromatic heterocycles. The predicted molar refractivity (Wildman–Crippen MR) is 90.1 cm³/mol. The number of piperazine rings is 1. The molecule has 4 N–H and O–H groups in total. The largest absolute Gasteiger partial charge is 0.370 e. The van der Waals surface area contributed by atoms with Crippen LogP contribution in [0, 0.1) is 5.82 Å². The predicted octanol–water partition coefficient (Wildman–Crippen LogP) is 0.161. The van der Waals surface area contributed by atoms with Gasteiger partial charge in [-0.05, 0) is 12.1 Å². The molecule has 1 heterocycles. The maximum Gasteiger partial charge on any atom is 0.237 e. The molecule has 2 rings (SSSR count). The van der Waals surface area contributed by atoms with Gasteiger partial charge in [-0.1, -0.05) is 17.7 Å². The van der Waals surface area contributed by atoms with E-state index in [1.54, 1.807) is 11.0 Å². The van der Waals surface area contributed by atoms with Crippen molar-refractivity contribution in [2.75, 3.05) is 19.6 Å². The lowest BCUT2D eigenvalue weighted by atomic mass is 10.1. The first-order chi connectivity index (χ1) is 11.9. The fraction of sp³-hybridized carbons (Fsp3) is 0.438. The van der Waals surface area contributed by atoms with E-state index in [0.29, 0.717) is 13.1 Å². The van der Waals surface area contributed by atoms with Crippen molar-refractivity contribution in [2.24, 2.45) is 5.73 Å². The van der Waals surface area contributed by atoms with Gasteiger partial charge in [0.15, 0.2) is 0 Å². The molecular formula is C16H20ClFN4O3. The van der Waals surface area contributed by atoms with Gasteiger partial charge in [0.05, 0.1) is 12.5 Å². The van der Waals surface area contributed by atoms with E-state index < -0.39 is 17.8 Å². The van der Waals surface area contributed by atoms with Crippen molar-refractivity contribution in [3.63, 3.8) is 0 Å². The highest BCUT2D eigenvalue weighted by Gasteiger charge is 2.32. The molecule has 7 nitrogen and oxygen atoms in total. The maximum atomic E-state index is 14.0. The number of benzene rings is 1. The zero-order valence-electron chi connectivity index (χ0n) is 13.6. The lowest BCUT2D eigenvalue weighted by Crippen LogP contribution is -2.56. The first kappa shape index (κ1) is 19.1. The van der Waals surface area contributed by atoms with Crippen LogP contribution in [0.15, 0.2) is 18.2 Å². The van der Waals surface area contributed by atoms with Crippen LogP contribution in [0.4, 0.5) is 4.39 Å². The van der Waals surface area contributed by atoms with Crippen LogP contribution in [0.2, 0.25) is 5.02 Å². The van der Waals surface area contributed by atoms with Gasteiger partial charge in [-0.15, -0.1) is 0 Å². The monoisotopic (exact) mass is 370 g/mol. The zero-order chi connectivity index (χ0) is 18.4. The van der Waals surface area contributed by atoms with E-state index in [1.165, 1.54) is 12.1 Å². The number of nitrogens with zero attached hydrogens (tertiary/aromatic N) is 1. The highest BCUT2D eigenvalue weighted by molar-refractivity contribution is 6.31. The third kappa shape index (κ3) is 5.40. The number of halogens is 2. The van der Waals surface area contributed by atoms with E-state index >= 15 is 0 Å². The van der Waals surface area contributed by atoms with Crippen molar-refractivity contribution >= 4 is 29.3 Å². The topological polar surface area (TPSA) is 105 Å². The van der Waals surface area contributed by atoms with Gasteiger partial charge in [0.1, 0.15) is 5.82 Å². The van der Waals surface area contributed by atoms with Crippen molar-refractivity contribution in [3.05, 3.63) is 34.6 Å². The molecule has 0 unspecified atom stereocenters. The standard InChI is InChI=1S/C16H20ClFN4O3/c17-11-2-1-3-12(18)10(11)9-22-7-6-21-16(25)13(22)8-15(24)20-5-4-14(19)23/h1-3,13H,4-9H2,(H2,19,23)(H,20,24)(H,21,25)/t13-/m0/s1. The van der Waals surface area contributed by atoms with Crippen molar-refractivity contribution in [2.45, 2.75) is 25.4 Å². The van der Waals surface area contributed by atoms with Crippen molar-refractivity contribution in [3.8, 4) is 0 Å². The molecule has 25 heavy (non-hydrogen) atoms. The quantitative estimate of drug-likeness (QED) is 0.636. The summed E-state index contributed by atoms with van der Waals surface area (Å²) in [6.45, 7) is 1.11. The molecule has 0 saturated carbocycles. The number of hydrogen-bond acceptors (Lipinski definition) is 4. The third-order valence-electron chi connectivity index (χ3n) is 3.94. The summed E-state index contributed by atoms with van der Waals surface area (Å²) in [5.41, 5.74) is 5.30. The van der Waals surface area contributed by atoms with Gasteiger partial charge < -0.3 is 16.4 Å². The van der Waals surface area contributed by atoms with E-state index in [4.69, 9.17) is 17.3 Å². The molecule has 0 spiro atoms. The highest BCUT2D eigenvalue weighted by Crippen LogP contribution is 2.23. The first-order valence-electron chi connectivity index (χ1n) is 7.88. The molecule has 1 aliphatic heterocycles. The Labute approximate surface area is 149 Å². The summed E-state index contributed by atoms with van der Waals surface area (Å²) in [5, 5.41) is 5.51. The van der Waals surface area contributed by atoms with E-state index in [-0.39, 0.29) is 48.3 Å². The molecule has 1 aromatic carbocycles. The average Bonchev–Trinajstić information content (AvgIpc) is 2.53. The SMILES string of the molecule is NC(=O)CCNC(=O)C[C@H]1C(=O)NCCN1Cc1c(F)cccc1Cl. The van der Waals surface area contributed by atoms with Gasteiger partial charge in [0, 0.05) is 43.2 Å². The van der Waals surface area contributed by atoms with Crippen molar-refractivity contribution < 1.29 is 18.8 Å². The Morgan fingerprint density at radius 3 is 2.88 bits per heavy atom. The summed E-state index contributed by atoms with van der Waals surface area (Å²) in [7, 11) is 0. The van der Waals surface area contributed by atoms with Gasteiger partial charge in [-0.25, -0.2) is 4.39 Å². The molecule has 1 fully saturated rings. The first-order valence-corrected chi connectivity index (χ1v) is 8.26. The molecule has 0 bridgehead atoms. The number of nitrogens with two attached hydrogens (primary N) is 1. The second-order valence-corrected chi connectivity index (χ2v) is 6.16. The van der Waals surface area contributed by atoms with E-state index in [1.807, 2.05) is 0 Å². The Morgan fingerprint density at radius 2 is 2.20 bits per heavy atom. The second kappa shape index (κ2) is 8.77. The van der Waals surface area contributed by atoms with Gasteiger partial charge in [0.25, 0.3) is 0 Å². The number of rotatable bonds is 7. The zero-order valence-corrected chi connectivity index (χ0v) is 14.3. The summed E-state index contributed by atoms with van der Waals surface area (Å²) < 4.78 is 14.0. The van der Waals surface area contributed by atoms with Crippen molar-refractivity contribution in [1.82, 2.24) is 15.5 Å². The molecule has 136 valence electrons. The lowest BCUT2D eigenvalue weighted by molar-refractivity contribution is -0.134. The third-order valence-corrected chi connectivity index (χ3v) is 4.29. The second-order valence-electron chi connectivity index (χ2n) is 5.75. The smallest absolute Gasteiger partial charge is 0.237 e. The minimum absolute atomic E-state index is 0.0250. The summed E-state index contributed by atoms with van der Waals surface area (Å²) in [5.74, 6) is -1.66. The molecule has 3 amide bonds. The minimum atomic E-state index is -0.738. The Balaban J connectivity index is 2.04. The van der Waals surface area contributed by atoms with Crippen LogP contribution in [-0.4, -0.2) is 48.3 Å². The van der Waals surface area contributed by atoms with Crippen LogP contribution in [0.25, 0.3) is 0 Å².